The molecule has 3 aromatic rings. The van der Waals surface area contributed by atoms with E-state index in [0.29, 0.717) is 5.69 Å². The molecule has 0 unspecified atom stereocenters. The van der Waals surface area contributed by atoms with E-state index in [0.717, 1.165) is 80.3 Å². The summed E-state index contributed by atoms with van der Waals surface area (Å²) in [5.74, 6) is 0.910. The van der Waals surface area contributed by atoms with E-state index >= 15 is 0 Å². The van der Waals surface area contributed by atoms with Crippen LogP contribution in [0.3, 0.4) is 0 Å². The Labute approximate surface area is 206 Å². The number of nitrogens with two attached hydrogens (primary N) is 1. The number of hydrogen-bond donors (Lipinski definition) is 3. The Morgan fingerprint density at radius 3 is 2.83 bits per heavy atom. The first kappa shape index (κ1) is 22.1. The molecule has 3 aliphatic rings. The summed E-state index contributed by atoms with van der Waals surface area (Å²) in [5, 5.41) is 8.13. The number of pyridine rings is 1. The third kappa shape index (κ3) is 4.39. The van der Waals surface area contributed by atoms with E-state index in [9.17, 15) is 0 Å². The Hall–Kier alpha value is -3.36. The van der Waals surface area contributed by atoms with E-state index < -0.39 is 0 Å². The van der Waals surface area contributed by atoms with Crippen LogP contribution in [0.1, 0.15) is 12.5 Å². The molecule has 4 N–H and O–H groups in total. The summed E-state index contributed by atoms with van der Waals surface area (Å²) in [6, 6.07) is 14.9. The maximum absolute atomic E-state index is 6.41. The van der Waals surface area contributed by atoms with Crippen LogP contribution < -0.4 is 26.2 Å². The molecule has 0 aliphatic carbocycles. The van der Waals surface area contributed by atoms with Gasteiger partial charge in [0.2, 0.25) is 0 Å². The summed E-state index contributed by atoms with van der Waals surface area (Å²) in [7, 11) is 0. The van der Waals surface area contributed by atoms with E-state index in [-0.39, 0.29) is 12.2 Å². The molecule has 2 fully saturated rings. The van der Waals surface area contributed by atoms with Crippen molar-refractivity contribution in [2.45, 2.75) is 25.6 Å². The van der Waals surface area contributed by atoms with E-state index in [4.69, 9.17) is 15.5 Å². The highest BCUT2D eigenvalue weighted by atomic mass is 16.5. The molecule has 0 bridgehead atoms. The number of fused-ring (bicyclic) bond motifs is 2. The second-order valence-electron chi connectivity index (χ2n) is 9.63. The van der Waals surface area contributed by atoms with Crippen LogP contribution in [0.5, 0.6) is 0 Å². The molecule has 8 heteroatoms. The lowest BCUT2D eigenvalue weighted by atomic mass is 10.1. The molecule has 0 saturated carbocycles. The summed E-state index contributed by atoms with van der Waals surface area (Å²) in [6.45, 7) is 8.58. The molecule has 6 rings (SSSR count). The lowest BCUT2D eigenvalue weighted by Gasteiger charge is -2.39. The Kier molecular flexibility index (Phi) is 5.91. The van der Waals surface area contributed by atoms with Gasteiger partial charge in [-0.3, -0.25) is 9.98 Å². The van der Waals surface area contributed by atoms with Gasteiger partial charge in [0.1, 0.15) is 11.9 Å². The van der Waals surface area contributed by atoms with Crippen LogP contribution in [0.2, 0.25) is 0 Å². The molecule has 182 valence electrons. The Bertz CT molecular complexity index is 1250. The van der Waals surface area contributed by atoms with Crippen molar-refractivity contribution in [1.29, 1.82) is 0 Å². The molecule has 2 atom stereocenters. The number of nitrogens with one attached hydrogen (secondary N) is 2. The molecule has 35 heavy (non-hydrogen) atoms. The lowest BCUT2D eigenvalue weighted by molar-refractivity contribution is 0.0205. The zero-order valence-electron chi connectivity index (χ0n) is 20.2. The normalized spacial score (nSPS) is 22.8. The quantitative estimate of drug-likeness (QED) is 0.506. The molecule has 8 nitrogen and oxygen atoms in total. The van der Waals surface area contributed by atoms with Gasteiger partial charge in [-0.1, -0.05) is 0 Å². The Morgan fingerprint density at radius 2 is 1.94 bits per heavy atom. The highest BCUT2D eigenvalue weighted by Gasteiger charge is 2.31. The highest BCUT2D eigenvalue weighted by Crippen LogP contribution is 2.32. The molecule has 2 saturated heterocycles. The molecule has 1 aromatic heterocycles. The standard InChI is InChI=1S/C27H33N7O/c1-18-16-34(24-7-5-22(28)26-21(24)3-2-9-30-26)17-25(35-18)27-31-10-8-19-15-20(4-6-23(19)32-27)33-13-11-29-12-14-33/h2-7,9,15,18,25,29H,8,10-14,16-17,28H2,1H3,(H,31,32)/t18-,25-/m1/s1. The van der Waals surface area contributed by atoms with Crippen molar-refractivity contribution in [3.63, 3.8) is 0 Å². The first-order valence-corrected chi connectivity index (χ1v) is 12.6. The smallest absolute Gasteiger partial charge is 0.132 e. The van der Waals surface area contributed by atoms with Gasteiger partial charge in [-0.25, -0.2) is 0 Å². The van der Waals surface area contributed by atoms with Crippen molar-refractivity contribution in [2.75, 3.05) is 66.7 Å². The zero-order chi connectivity index (χ0) is 23.8. The summed E-state index contributed by atoms with van der Waals surface area (Å²) in [6.07, 6.45) is 2.65. The number of anilines is 4. The van der Waals surface area contributed by atoms with Crippen molar-refractivity contribution >= 4 is 39.5 Å². The molecule has 0 spiro atoms. The van der Waals surface area contributed by atoms with Gasteiger partial charge in [-0.15, -0.1) is 0 Å². The number of rotatable bonds is 3. The monoisotopic (exact) mass is 471 g/mol. The Balaban J connectivity index is 1.24. The molecule has 0 radical (unpaired) electrons. The van der Waals surface area contributed by atoms with Crippen LogP contribution in [-0.4, -0.2) is 68.8 Å². The third-order valence-electron chi connectivity index (χ3n) is 7.18. The average Bonchev–Trinajstić information content (AvgIpc) is 3.11. The highest BCUT2D eigenvalue weighted by molar-refractivity contribution is 6.02. The van der Waals surface area contributed by atoms with Crippen molar-refractivity contribution in [2.24, 2.45) is 4.99 Å². The average molecular weight is 472 g/mol. The van der Waals surface area contributed by atoms with Crippen LogP contribution in [0.25, 0.3) is 10.9 Å². The number of nitrogens with zero attached hydrogens (tertiary/aromatic N) is 4. The maximum Gasteiger partial charge on any atom is 0.132 e. The fraction of sp³-hybridized carbons (Fsp3) is 0.407. The van der Waals surface area contributed by atoms with Crippen molar-refractivity contribution in [1.82, 2.24) is 10.3 Å². The van der Waals surface area contributed by atoms with Gasteiger partial charge in [-0.2, -0.15) is 0 Å². The minimum Gasteiger partial charge on any atom is -0.397 e. The SMILES string of the molecule is C[C@@H]1CN(c2ccc(N)c3ncccc23)C[C@H](C2=NCCc3cc(N4CCNCC4)ccc3N2)O1. The zero-order valence-corrected chi connectivity index (χ0v) is 20.2. The summed E-state index contributed by atoms with van der Waals surface area (Å²) < 4.78 is 6.41. The molecular weight excluding hydrogens is 438 g/mol. The predicted octanol–water partition coefficient (Wildman–Crippen LogP) is 2.89. The maximum atomic E-state index is 6.41. The van der Waals surface area contributed by atoms with Crippen molar-refractivity contribution < 1.29 is 4.74 Å². The van der Waals surface area contributed by atoms with Gasteiger partial charge < -0.3 is 30.9 Å². The largest absolute Gasteiger partial charge is 0.397 e. The van der Waals surface area contributed by atoms with Crippen molar-refractivity contribution in [3.8, 4) is 0 Å². The number of hydrogen-bond acceptors (Lipinski definition) is 8. The number of aliphatic imine (C=N–C) groups is 1. The molecule has 2 aromatic carbocycles. The van der Waals surface area contributed by atoms with Crippen LogP contribution in [-0.2, 0) is 11.2 Å². The first-order chi connectivity index (χ1) is 17.2. The van der Waals surface area contributed by atoms with Crippen molar-refractivity contribution in [3.05, 3.63) is 54.2 Å². The van der Waals surface area contributed by atoms with E-state index in [1.165, 1.54) is 11.3 Å². The van der Waals surface area contributed by atoms with E-state index in [2.05, 4.69) is 62.7 Å². The Morgan fingerprint density at radius 1 is 1.06 bits per heavy atom. The van der Waals surface area contributed by atoms with Gasteiger partial charge in [0.15, 0.2) is 0 Å². The summed E-state index contributed by atoms with van der Waals surface area (Å²) in [4.78, 5) is 14.3. The first-order valence-electron chi connectivity index (χ1n) is 12.6. The minimum atomic E-state index is -0.137. The lowest BCUT2D eigenvalue weighted by Crippen LogP contribution is -2.51. The van der Waals surface area contributed by atoms with Crippen LogP contribution >= 0.6 is 0 Å². The van der Waals surface area contributed by atoms with Crippen LogP contribution in [0.4, 0.5) is 22.7 Å². The number of nitrogen functional groups attached to an aromatic ring is 1. The summed E-state index contributed by atoms with van der Waals surface area (Å²) in [5.41, 5.74) is 12.6. The van der Waals surface area contributed by atoms with Gasteiger partial charge in [-0.05, 0) is 61.4 Å². The van der Waals surface area contributed by atoms with Gasteiger partial charge in [0.25, 0.3) is 0 Å². The molecule has 0 amide bonds. The summed E-state index contributed by atoms with van der Waals surface area (Å²) >= 11 is 0. The molecule has 3 aliphatic heterocycles. The second kappa shape index (κ2) is 9.36. The second-order valence-corrected chi connectivity index (χ2v) is 9.63. The predicted molar refractivity (Wildman–Crippen MR) is 144 cm³/mol. The van der Waals surface area contributed by atoms with E-state index in [1.807, 2.05) is 12.1 Å². The number of piperazine rings is 1. The number of amidine groups is 1. The van der Waals surface area contributed by atoms with Gasteiger partial charge in [0.05, 0.1) is 23.9 Å². The van der Waals surface area contributed by atoms with Crippen LogP contribution in [0.15, 0.2) is 53.7 Å². The number of ether oxygens (including phenoxy) is 1. The number of aromatic nitrogens is 1. The fourth-order valence-corrected chi connectivity index (χ4v) is 5.44. The molecule has 4 heterocycles. The van der Waals surface area contributed by atoms with Gasteiger partial charge in [0, 0.05) is 67.9 Å². The van der Waals surface area contributed by atoms with E-state index in [1.54, 1.807) is 6.20 Å². The third-order valence-corrected chi connectivity index (χ3v) is 7.18. The van der Waals surface area contributed by atoms with Gasteiger partial charge >= 0.3 is 0 Å². The number of morpholine rings is 1. The number of benzene rings is 2. The minimum absolute atomic E-state index is 0.0698. The topological polar surface area (TPSA) is 91.0 Å². The molecular formula is C27H33N7O. The van der Waals surface area contributed by atoms with Crippen LogP contribution in [0, 0.1) is 0 Å². The fourth-order valence-electron chi connectivity index (χ4n) is 5.44.